The Labute approximate surface area is 75.5 Å². The lowest BCUT2D eigenvalue weighted by atomic mass is 10.4. The zero-order valence-electron chi connectivity index (χ0n) is 7.10. The average molecular weight is 185 g/mol. The summed E-state index contributed by atoms with van der Waals surface area (Å²) >= 11 is 0. The lowest BCUT2D eigenvalue weighted by Crippen LogP contribution is -2.22. The van der Waals surface area contributed by atoms with Gasteiger partial charge in [-0.2, -0.15) is 0 Å². The number of nitrogens with zero attached hydrogens (tertiary/aromatic N) is 1. The molecule has 0 atom stereocenters. The second kappa shape index (κ2) is 4.61. The number of hydrogen-bond acceptors (Lipinski definition) is 4. The van der Waals surface area contributed by atoms with Crippen LogP contribution in [0, 0.1) is 0 Å². The molecule has 72 valence electrons. The molecule has 13 heavy (non-hydrogen) atoms. The lowest BCUT2D eigenvalue weighted by molar-refractivity contribution is -0.178. The molecule has 0 aromatic heterocycles. The van der Waals surface area contributed by atoms with E-state index in [1.807, 2.05) is 0 Å². The van der Waals surface area contributed by atoms with E-state index in [2.05, 4.69) is 0 Å². The Morgan fingerprint density at radius 3 is 2.38 bits per heavy atom. The molecule has 1 aliphatic heterocycles. The van der Waals surface area contributed by atoms with Crippen molar-refractivity contribution in [2.45, 2.75) is 12.8 Å². The fourth-order valence-corrected chi connectivity index (χ4v) is 1.08. The number of aliphatic carboxylic acids is 1. The van der Waals surface area contributed by atoms with Crippen molar-refractivity contribution in [1.29, 1.82) is 0 Å². The van der Waals surface area contributed by atoms with Crippen molar-refractivity contribution in [1.82, 2.24) is 5.06 Å². The summed E-state index contributed by atoms with van der Waals surface area (Å²) in [5.74, 6) is -1.79. The molecule has 0 unspecified atom stereocenters. The van der Waals surface area contributed by atoms with Gasteiger partial charge in [0.1, 0.15) is 0 Å². The first-order valence-corrected chi connectivity index (χ1v) is 4.06. The van der Waals surface area contributed by atoms with E-state index in [1.54, 1.807) is 0 Å². The van der Waals surface area contributed by atoms with Crippen molar-refractivity contribution in [3.8, 4) is 0 Å². The van der Waals surface area contributed by atoms with Gasteiger partial charge in [-0.05, 0) is 12.8 Å². The van der Waals surface area contributed by atoms with Gasteiger partial charge in [-0.15, -0.1) is 5.06 Å². The highest BCUT2D eigenvalue weighted by atomic mass is 16.7. The summed E-state index contributed by atoms with van der Waals surface area (Å²) in [6.45, 7) is 1.46. The van der Waals surface area contributed by atoms with Crippen LogP contribution < -0.4 is 0 Å². The summed E-state index contributed by atoms with van der Waals surface area (Å²) < 4.78 is 0. The van der Waals surface area contributed by atoms with Crippen LogP contribution in [0.25, 0.3) is 0 Å². The summed E-state index contributed by atoms with van der Waals surface area (Å²) in [5.41, 5.74) is 0. The van der Waals surface area contributed by atoms with E-state index in [4.69, 9.17) is 9.94 Å². The van der Waals surface area contributed by atoms with Crippen molar-refractivity contribution in [2.24, 2.45) is 0 Å². The Morgan fingerprint density at radius 1 is 1.23 bits per heavy atom. The average Bonchev–Trinajstić information content (AvgIpc) is 2.53. The predicted molar refractivity (Wildman–Crippen MR) is 43.7 cm³/mol. The van der Waals surface area contributed by atoms with E-state index >= 15 is 0 Å². The van der Waals surface area contributed by atoms with Gasteiger partial charge in [0.15, 0.2) is 0 Å². The standard InChI is InChI=1S/C8H11NO4/c10-7(11)3-4-8(12)13-9-5-1-2-6-9/h3-4H,1-2,5-6H2,(H,10,11). The topological polar surface area (TPSA) is 66.8 Å². The molecule has 0 spiro atoms. The molecule has 1 fully saturated rings. The number of rotatable bonds is 3. The highest BCUT2D eigenvalue weighted by molar-refractivity contribution is 5.90. The van der Waals surface area contributed by atoms with E-state index < -0.39 is 11.9 Å². The maximum atomic E-state index is 10.9. The molecule has 1 heterocycles. The molecule has 0 aromatic carbocycles. The first-order chi connectivity index (χ1) is 6.18. The van der Waals surface area contributed by atoms with Crippen molar-refractivity contribution < 1.29 is 19.5 Å². The highest BCUT2D eigenvalue weighted by Gasteiger charge is 2.14. The summed E-state index contributed by atoms with van der Waals surface area (Å²) in [6, 6.07) is 0. The third-order valence-electron chi connectivity index (χ3n) is 1.65. The smallest absolute Gasteiger partial charge is 0.349 e. The number of carbonyl (C=O) groups excluding carboxylic acids is 1. The maximum absolute atomic E-state index is 10.9. The first kappa shape index (κ1) is 9.73. The summed E-state index contributed by atoms with van der Waals surface area (Å²) in [5, 5.41) is 9.75. The Balaban J connectivity index is 2.28. The second-order valence-corrected chi connectivity index (χ2v) is 2.72. The fourth-order valence-electron chi connectivity index (χ4n) is 1.08. The number of carbonyl (C=O) groups is 2. The number of carboxylic acid groups (broad SMARTS) is 1. The molecular weight excluding hydrogens is 174 g/mol. The molecule has 0 aromatic rings. The molecule has 0 bridgehead atoms. The van der Waals surface area contributed by atoms with Gasteiger partial charge in [0.2, 0.25) is 0 Å². The second-order valence-electron chi connectivity index (χ2n) is 2.72. The van der Waals surface area contributed by atoms with E-state index in [0.717, 1.165) is 38.1 Å². The quantitative estimate of drug-likeness (QED) is 0.635. The van der Waals surface area contributed by atoms with Gasteiger partial charge in [-0.1, -0.05) is 0 Å². The summed E-state index contributed by atoms with van der Waals surface area (Å²) in [4.78, 5) is 25.7. The minimum absolute atomic E-state index is 0.635. The monoisotopic (exact) mass is 185 g/mol. The van der Waals surface area contributed by atoms with Gasteiger partial charge in [-0.3, -0.25) is 0 Å². The minimum atomic E-state index is -1.15. The number of carboxylic acids is 1. The molecule has 5 heteroatoms. The lowest BCUT2D eigenvalue weighted by Gasteiger charge is -2.11. The van der Waals surface area contributed by atoms with Crippen LogP contribution in [-0.2, 0) is 14.4 Å². The number of hydroxylamine groups is 2. The first-order valence-electron chi connectivity index (χ1n) is 4.06. The van der Waals surface area contributed by atoms with Crippen LogP contribution in [0.3, 0.4) is 0 Å². The molecule has 0 amide bonds. The molecule has 5 nitrogen and oxygen atoms in total. The molecular formula is C8H11NO4. The highest BCUT2D eigenvalue weighted by Crippen LogP contribution is 2.07. The predicted octanol–water partition coefficient (Wildman–Crippen LogP) is 0.181. The van der Waals surface area contributed by atoms with Crippen LogP contribution in [0.2, 0.25) is 0 Å². The molecule has 1 N–H and O–H groups in total. The van der Waals surface area contributed by atoms with Crippen LogP contribution >= 0.6 is 0 Å². The van der Waals surface area contributed by atoms with Gasteiger partial charge in [0.25, 0.3) is 0 Å². The van der Waals surface area contributed by atoms with Gasteiger partial charge >= 0.3 is 11.9 Å². The van der Waals surface area contributed by atoms with Crippen LogP contribution in [0.4, 0.5) is 0 Å². The Morgan fingerprint density at radius 2 is 1.85 bits per heavy atom. The largest absolute Gasteiger partial charge is 0.478 e. The van der Waals surface area contributed by atoms with Crippen LogP contribution in [-0.4, -0.2) is 35.2 Å². The molecule has 0 aliphatic carbocycles. The van der Waals surface area contributed by atoms with Crippen molar-refractivity contribution >= 4 is 11.9 Å². The van der Waals surface area contributed by atoms with Crippen molar-refractivity contribution in [3.05, 3.63) is 12.2 Å². The fraction of sp³-hybridized carbons (Fsp3) is 0.500. The Bertz CT molecular complexity index is 230. The van der Waals surface area contributed by atoms with Crippen LogP contribution in [0.1, 0.15) is 12.8 Å². The summed E-state index contributed by atoms with van der Waals surface area (Å²) in [7, 11) is 0. The molecule has 1 rings (SSSR count). The minimum Gasteiger partial charge on any atom is -0.478 e. The van der Waals surface area contributed by atoms with Gasteiger partial charge in [0, 0.05) is 25.2 Å². The molecule has 0 saturated carbocycles. The van der Waals surface area contributed by atoms with Gasteiger partial charge in [-0.25, -0.2) is 9.59 Å². The normalized spacial score (nSPS) is 17.8. The zero-order valence-corrected chi connectivity index (χ0v) is 7.10. The van der Waals surface area contributed by atoms with Gasteiger partial charge in [0.05, 0.1) is 0 Å². The summed E-state index contributed by atoms with van der Waals surface area (Å²) in [6.07, 6.45) is 3.69. The van der Waals surface area contributed by atoms with Crippen LogP contribution in [0.15, 0.2) is 12.2 Å². The Kier molecular flexibility index (Phi) is 3.45. The molecule has 1 saturated heterocycles. The van der Waals surface area contributed by atoms with E-state index in [9.17, 15) is 9.59 Å². The Hall–Kier alpha value is -1.36. The van der Waals surface area contributed by atoms with Crippen molar-refractivity contribution in [2.75, 3.05) is 13.1 Å². The maximum Gasteiger partial charge on any atom is 0.349 e. The van der Waals surface area contributed by atoms with E-state index in [1.165, 1.54) is 5.06 Å². The SMILES string of the molecule is O=C(O)C=CC(=O)ON1CCCC1. The van der Waals surface area contributed by atoms with E-state index in [0.29, 0.717) is 0 Å². The molecule has 1 aliphatic rings. The van der Waals surface area contributed by atoms with E-state index in [-0.39, 0.29) is 0 Å². The number of hydrogen-bond donors (Lipinski definition) is 1. The molecule has 0 radical (unpaired) electrons. The third kappa shape index (κ3) is 3.71. The third-order valence-corrected chi connectivity index (χ3v) is 1.65. The van der Waals surface area contributed by atoms with Crippen molar-refractivity contribution in [3.63, 3.8) is 0 Å². The zero-order chi connectivity index (χ0) is 9.68. The van der Waals surface area contributed by atoms with Gasteiger partial charge < -0.3 is 9.94 Å². The van der Waals surface area contributed by atoms with Crippen LogP contribution in [0.5, 0.6) is 0 Å².